The van der Waals surface area contributed by atoms with Gasteiger partial charge in [-0.25, -0.2) is 36.9 Å². The molecule has 0 aromatic carbocycles. The normalized spacial score (nSPS) is 18.5. The van der Waals surface area contributed by atoms with E-state index < -0.39 is 27.6 Å². The Morgan fingerprint density at radius 2 is 1.91 bits per heavy atom. The number of aromatic nitrogens is 3. The maximum absolute atomic E-state index is 13.4. The molecule has 174 valence electrons. The lowest BCUT2D eigenvalue weighted by atomic mass is 9.79. The molecule has 0 bridgehead atoms. The molecule has 4 heterocycles. The van der Waals surface area contributed by atoms with E-state index in [0.717, 1.165) is 12.7 Å². The van der Waals surface area contributed by atoms with E-state index in [4.69, 9.17) is 4.74 Å². The molecule has 2 fully saturated rings. The summed E-state index contributed by atoms with van der Waals surface area (Å²) in [6.45, 7) is 7.44. The van der Waals surface area contributed by atoms with E-state index in [1.165, 1.54) is 12.3 Å². The van der Waals surface area contributed by atoms with Gasteiger partial charge in [0.2, 0.25) is 15.0 Å². The molecule has 4 rings (SSSR count). The van der Waals surface area contributed by atoms with Crippen LogP contribution < -0.4 is 4.90 Å². The third-order valence-electron chi connectivity index (χ3n) is 5.54. The van der Waals surface area contributed by atoms with Crippen LogP contribution in [0.4, 0.5) is 19.4 Å². The zero-order chi connectivity index (χ0) is 23.5. The second-order valence-corrected chi connectivity index (χ2v) is 11.5. The molecule has 9 nitrogen and oxygen atoms in total. The first-order valence-electron chi connectivity index (χ1n) is 10.2. The molecule has 12 heteroatoms. The predicted molar refractivity (Wildman–Crippen MR) is 112 cm³/mol. The Balaban J connectivity index is 1.60. The van der Waals surface area contributed by atoms with Gasteiger partial charge in [0.15, 0.2) is 5.82 Å². The molecular formula is C20H25F2N5O4S. The molecule has 2 saturated heterocycles. The molecular weight excluding hydrogens is 444 g/mol. The quantitative estimate of drug-likeness (QED) is 0.632. The van der Waals surface area contributed by atoms with Gasteiger partial charge in [-0.3, -0.25) is 0 Å². The van der Waals surface area contributed by atoms with E-state index in [2.05, 4.69) is 15.0 Å². The van der Waals surface area contributed by atoms with Gasteiger partial charge >= 0.3 is 6.09 Å². The van der Waals surface area contributed by atoms with E-state index >= 15 is 0 Å². The van der Waals surface area contributed by atoms with Crippen molar-refractivity contribution in [3.63, 3.8) is 0 Å². The third kappa shape index (κ3) is 4.32. The van der Waals surface area contributed by atoms with Gasteiger partial charge < -0.3 is 14.5 Å². The van der Waals surface area contributed by atoms with Gasteiger partial charge in [0.05, 0.1) is 0 Å². The van der Waals surface area contributed by atoms with Gasteiger partial charge in [-0.15, -0.1) is 0 Å². The fourth-order valence-corrected chi connectivity index (χ4v) is 4.63. The van der Waals surface area contributed by atoms with Crippen molar-refractivity contribution in [2.45, 2.75) is 44.4 Å². The summed E-state index contributed by atoms with van der Waals surface area (Å²) in [5.74, 6) is 0.200. The Labute approximate surface area is 184 Å². The van der Waals surface area contributed by atoms with Crippen LogP contribution in [0.15, 0.2) is 17.4 Å². The number of hydrogen-bond acceptors (Lipinski definition) is 8. The number of pyridine rings is 1. The van der Waals surface area contributed by atoms with E-state index in [9.17, 15) is 22.0 Å². The summed E-state index contributed by atoms with van der Waals surface area (Å²) in [6, 6.07) is 1.17. The van der Waals surface area contributed by atoms with Crippen molar-refractivity contribution in [2.75, 3.05) is 37.3 Å². The fourth-order valence-electron chi connectivity index (χ4n) is 4.13. The molecule has 0 atom stereocenters. The number of alkyl halides is 2. The number of nitrogens with zero attached hydrogens (tertiary/aromatic N) is 5. The zero-order valence-corrected chi connectivity index (χ0v) is 19.1. The molecule has 0 aliphatic carbocycles. The summed E-state index contributed by atoms with van der Waals surface area (Å²) < 4.78 is 56.1. The first kappa shape index (κ1) is 22.6. The molecule has 0 radical (unpaired) electrons. The monoisotopic (exact) mass is 469 g/mol. The largest absolute Gasteiger partial charge is 0.444 e. The molecule has 2 aromatic rings. The van der Waals surface area contributed by atoms with Crippen LogP contribution in [0, 0.1) is 5.41 Å². The number of carbonyl (C=O) groups is 1. The average molecular weight is 470 g/mol. The second-order valence-electron chi connectivity index (χ2n) is 9.54. The van der Waals surface area contributed by atoms with Crippen molar-refractivity contribution in [2.24, 2.45) is 5.41 Å². The van der Waals surface area contributed by atoms with Crippen molar-refractivity contribution in [1.82, 2.24) is 19.9 Å². The molecule has 2 aliphatic heterocycles. The zero-order valence-electron chi connectivity index (χ0n) is 18.3. The number of sulfone groups is 1. The van der Waals surface area contributed by atoms with Crippen LogP contribution in [0.3, 0.4) is 0 Å². The van der Waals surface area contributed by atoms with Gasteiger partial charge in [-0.2, -0.15) is 0 Å². The van der Waals surface area contributed by atoms with Crippen molar-refractivity contribution in [1.29, 1.82) is 0 Å². The van der Waals surface area contributed by atoms with E-state index in [1.807, 2.05) is 0 Å². The highest BCUT2D eigenvalue weighted by Crippen LogP contribution is 2.43. The van der Waals surface area contributed by atoms with Crippen LogP contribution in [-0.4, -0.2) is 72.4 Å². The molecule has 1 spiro atoms. The van der Waals surface area contributed by atoms with E-state index in [0.29, 0.717) is 31.6 Å². The van der Waals surface area contributed by atoms with Crippen LogP contribution in [0.1, 0.15) is 39.3 Å². The van der Waals surface area contributed by atoms with Crippen molar-refractivity contribution in [3.8, 4) is 0 Å². The molecule has 1 amide bonds. The standard InChI is InChI=1S/C20H25F2N5O4S/c1-19(2,3)31-18(28)26-6-5-20(9-26)10-27(11-20)16-14-12(7-13(24-16)15(21)22)8-23-17(25-14)32(4,29)30/h7-8,15H,5-6,9-11H2,1-4H3. The third-order valence-corrected chi connectivity index (χ3v) is 6.40. The van der Waals surface area contributed by atoms with Gasteiger partial charge in [0, 0.05) is 49.4 Å². The summed E-state index contributed by atoms with van der Waals surface area (Å²) in [5.41, 5.74) is -1.00. The summed E-state index contributed by atoms with van der Waals surface area (Å²) in [5, 5.41) is -0.0921. The first-order chi connectivity index (χ1) is 14.8. The number of anilines is 1. The Morgan fingerprint density at radius 3 is 2.50 bits per heavy atom. The van der Waals surface area contributed by atoms with Crippen molar-refractivity contribution in [3.05, 3.63) is 18.0 Å². The summed E-state index contributed by atoms with van der Waals surface area (Å²) in [6.07, 6.45) is -0.208. The van der Waals surface area contributed by atoms with Crippen LogP contribution in [-0.2, 0) is 14.6 Å². The SMILES string of the molecule is CC(C)(C)OC(=O)N1CCC2(C1)CN(c1nc(C(F)F)cc3cnc(S(C)(=O)=O)nc13)C2. The minimum atomic E-state index is -3.68. The highest BCUT2D eigenvalue weighted by Gasteiger charge is 2.50. The van der Waals surface area contributed by atoms with Gasteiger partial charge in [0.25, 0.3) is 6.43 Å². The summed E-state index contributed by atoms with van der Waals surface area (Å²) in [7, 11) is -3.68. The highest BCUT2D eigenvalue weighted by molar-refractivity contribution is 7.90. The Kier molecular flexibility index (Phi) is 5.26. The first-order valence-corrected chi connectivity index (χ1v) is 12.0. The molecule has 2 aliphatic rings. The lowest BCUT2D eigenvalue weighted by Crippen LogP contribution is -2.58. The molecule has 0 N–H and O–H groups in total. The van der Waals surface area contributed by atoms with E-state index in [-0.39, 0.29) is 28.0 Å². The maximum atomic E-state index is 13.4. The van der Waals surface area contributed by atoms with Gasteiger partial charge in [-0.1, -0.05) is 0 Å². The van der Waals surface area contributed by atoms with Crippen molar-refractivity contribution >= 4 is 32.7 Å². The molecule has 32 heavy (non-hydrogen) atoms. The smallest absolute Gasteiger partial charge is 0.410 e. The Bertz CT molecular complexity index is 1180. The lowest BCUT2D eigenvalue weighted by Gasteiger charge is -2.48. The maximum Gasteiger partial charge on any atom is 0.410 e. The van der Waals surface area contributed by atoms with Gasteiger partial charge in [0.1, 0.15) is 16.8 Å². The Morgan fingerprint density at radius 1 is 1.22 bits per heavy atom. The molecule has 2 aromatic heterocycles. The van der Waals surface area contributed by atoms with Crippen LogP contribution in [0.25, 0.3) is 10.9 Å². The minimum absolute atomic E-state index is 0.196. The predicted octanol–water partition coefficient (Wildman–Crippen LogP) is 2.81. The topological polar surface area (TPSA) is 106 Å². The number of halogens is 2. The molecule has 0 saturated carbocycles. The Hall–Kier alpha value is -2.63. The fraction of sp³-hybridized carbons (Fsp3) is 0.600. The van der Waals surface area contributed by atoms with Crippen LogP contribution in [0.2, 0.25) is 0 Å². The van der Waals surface area contributed by atoms with Gasteiger partial charge in [-0.05, 0) is 33.3 Å². The lowest BCUT2D eigenvalue weighted by molar-refractivity contribution is 0.0265. The number of amides is 1. The van der Waals surface area contributed by atoms with Crippen molar-refractivity contribution < 1.29 is 26.7 Å². The minimum Gasteiger partial charge on any atom is -0.444 e. The van der Waals surface area contributed by atoms with Crippen LogP contribution >= 0.6 is 0 Å². The number of ether oxygens (including phenoxy) is 1. The number of carbonyl (C=O) groups excluding carboxylic acids is 1. The second kappa shape index (κ2) is 7.46. The number of fused-ring (bicyclic) bond motifs is 1. The summed E-state index contributed by atoms with van der Waals surface area (Å²) >= 11 is 0. The summed E-state index contributed by atoms with van der Waals surface area (Å²) in [4.78, 5) is 27.9. The van der Waals surface area contributed by atoms with E-state index in [1.54, 1.807) is 30.6 Å². The highest BCUT2D eigenvalue weighted by atomic mass is 32.2. The number of likely N-dealkylation sites (tertiary alicyclic amines) is 1. The number of rotatable bonds is 3. The molecule has 0 unspecified atom stereocenters. The number of hydrogen-bond donors (Lipinski definition) is 0. The average Bonchev–Trinajstić information content (AvgIpc) is 3.09. The van der Waals surface area contributed by atoms with Crippen LogP contribution in [0.5, 0.6) is 0 Å².